The molecule has 1 aromatic carbocycles. The summed E-state index contributed by atoms with van der Waals surface area (Å²) in [4.78, 5) is 31.4. The van der Waals surface area contributed by atoms with Crippen LogP contribution in [-0.4, -0.2) is 59.9 Å². The van der Waals surface area contributed by atoms with Crippen LogP contribution in [0.2, 0.25) is 10.2 Å². The molecule has 0 spiro atoms. The number of nitrogens with one attached hydrogen (secondary N) is 1. The number of amides is 2. The van der Waals surface area contributed by atoms with Crippen molar-refractivity contribution in [2.45, 2.75) is 60.6 Å². The number of alkyl halides is 2. The molecule has 2 amide bonds. The molecule has 5 rings (SSSR count). The Kier molecular flexibility index (Phi) is 6.97. The summed E-state index contributed by atoms with van der Waals surface area (Å²) in [5.41, 5.74) is 0.967. The van der Waals surface area contributed by atoms with Crippen LogP contribution in [0.1, 0.15) is 39.0 Å². The summed E-state index contributed by atoms with van der Waals surface area (Å²) in [6.45, 7) is 1.03. The number of hydrogen-bond acceptors (Lipinski definition) is 5. The lowest BCUT2D eigenvalue weighted by molar-refractivity contribution is -0.141. The van der Waals surface area contributed by atoms with Crippen LogP contribution < -0.4 is 5.32 Å². The van der Waals surface area contributed by atoms with Gasteiger partial charge in [-0.1, -0.05) is 29.3 Å². The lowest BCUT2D eigenvalue weighted by atomic mass is 9.93. The molecule has 12 heteroatoms. The second-order valence-corrected chi connectivity index (χ2v) is 13.8. The Morgan fingerprint density at radius 2 is 1.74 bits per heavy atom. The highest BCUT2D eigenvalue weighted by Gasteiger charge is 2.52. The summed E-state index contributed by atoms with van der Waals surface area (Å²) < 4.78 is 55.1. The zero-order chi connectivity index (χ0) is 27.5. The van der Waals surface area contributed by atoms with Crippen molar-refractivity contribution < 1.29 is 26.8 Å². The predicted octanol–water partition coefficient (Wildman–Crippen LogP) is 4.76. The number of benzene rings is 1. The normalized spacial score (nSPS) is 25.8. The molecule has 2 heterocycles. The van der Waals surface area contributed by atoms with Gasteiger partial charge in [-0.05, 0) is 68.0 Å². The minimum atomic E-state index is -4.05. The molecule has 3 aliphatic rings. The highest BCUT2D eigenvalue weighted by molar-refractivity contribution is 7.92. The zero-order valence-corrected chi connectivity index (χ0v) is 22.9. The van der Waals surface area contributed by atoms with Crippen LogP contribution in [0.4, 0.5) is 8.78 Å². The van der Waals surface area contributed by atoms with Crippen LogP contribution in [0.25, 0.3) is 11.1 Å². The standard InChI is InChI=1S/C26H27Cl2F2N3O4S/c1-25(5-6-25)32-23(34)18-12-17(13-19(18)24(35)33-9-7-26(29,30)14-33)38(36,37)21-3-2-15(10-20(21)27)16-4-8-31-22(28)11-16/h2-4,8,10-11,17-19H,5-7,9,12-14H2,1H3,(H,32,34). The van der Waals surface area contributed by atoms with Crippen molar-refractivity contribution in [3.63, 3.8) is 0 Å². The Bertz CT molecular complexity index is 1400. The monoisotopic (exact) mass is 585 g/mol. The smallest absolute Gasteiger partial charge is 0.267 e. The number of likely N-dealkylation sites (tertiary alicyclic amines) is 1. The maximum atomic E-state index is 13.8. The van der Waals surface area contributed by atoms with Crippen LogP contribution in [0.15, 0.2) is 41.4 Å². The molecule has 1 aliphatic heterocycles. The number of carbonyl (C=O) groups is 2. The number of halogens is 4. The molecule has 2 aliphatic carbocycles. The van der Waals surface area contributed by atoms with E-state index < -0.39 is 57.6 Å². The highest BCUT2D eigenvalue weighted by atomic mass is 35.5. The van der Waals surface area contributed by atoms with Gasteiger partial charge >= 0.3 is 0 Å². The molecule has 3 atom stereocenters. The molecule has 1 saturated heterocycles. The maximum Gasteiger partial charge on any atom is 0.267 e. The van der Waals surface area contributed by atoms with Crippen LogP contribution >= 0.6 is 23.2 Å². The Morgan fingerprint density at radius 3 is 2.34 bits per heavy atom. The molecule has 2 saturated carbocycles. The van der Waals surface area contributed by atoms with Gasteiger partial charge in [0.15, 0.2) is 9.84 Å². The van der Waals surface area contributed by atoms with E-state index in [1.54, 1.807) is 18.2 Å². The van der Waals surface area contributed by atoms with Crippen LogP contribution in [0.5, 0.6) is 0 Å². The van der Waals surface area contributed by atoms with Gasteiger partial charge < -0.3 is 10.2 Å². The van der Waals surface area contributed by atoms with Gasteiger partial charge in [0, 0.05) is 24.7 Å². The van der Waals surface area contributed by atoms with Crippen LogP contribution in [0, 0.1) is 11.8 Å². The van der Waals surface area contributed by atoms with Gasteiger partial charge in [0.25, 0.3) is 5.92 Å². The predicted molar refractivity (Wildman–Crippen MR) is 139 cm³/mol. The topological polar surface area (TPSA) is 96.4 Å². The van der Waals surface area contributed by atoms with Gasteiger partial charge in [0.05, 0.1) is 33.5 Å². The van der Waals surface area contributed by atoms with E-state index in [4.69, 9.17) is 23.2 Å². The first-order chi connectivity index (χ1) is 17.8. The fourth-order valence-corrected chi connectivity index (χ4v) is 7.89. The fourth-order valence-electron chi connectivity index (χ4n) is 5.34. The van der Waals surface area contributed by atoms with Crippen molar-refractivity contribution >= 4 is 44.9 Å². The SMILES string of the molecule is CC1(NC(=O)C2CC(S(=O)(=O)c3ccc(-c4ccnc(Cl)c4)cc3Cl)CC2C(=O)N2CCC(F)(F)C2)CC1. The van der Waals surface area contributed by atoms with E-state index in [0.717, 1.165) is 17.7 Å². The van der Waals surface area contributed by atoms with Crippen LogP contribution in [-0.2, 0) is 19.4 Å². The number of carbonyl (C=O) groups excluding carboxylic acids is 2. The minimum absolute atomic E-state index is 0.00381. The summed E-state index contributed by atoms with van der Waals surface area (Å²) in [5.74, 6) is -5.96. The minimum Gasteiger partial charge on any atom is -0.351 e. The van der Waals surface area contributed by atoms with E-state index in [9.17, 15) is 26.8 Å². The molecule has 1 N–H and O–H groups in total. The Morgan fingerprint density at radius 1 is 1.05 bits per heavy atom. The molecule has 0 radical (unpaired) electrons. The Labute approximate surface area is 229 Å². The molecule has 0 bridgehead atoms. The molecule has 1 aromatic heterocycles. The van der Waals surface area contributed by atoms with Crippen molar-refractivity contribution in [3.8, 4) is 11.1 Å². The second-order valence-electron chi connectivity index (χ2n) is 10.8. The zero-order valence-electron chi connectivity index (χ0n) is 20.6. The van der Waals surface area contributed by atoms with Gasteiger partial charge in [0.1, 0.15) is 5.15 Å². The van der Waals surface area contributed by atoms with Crippen molar-refractivity contribution in [3.05, 3.63) is 46.7 Å². The Balaban J connectivity index is 1.42. The number of aromatic nitrogens is 1. The van der Waals surface area contributed by atoms with E-state index in [1.807, 2.05) is 6.92 Å². The molecule has 38 heavy (non-hydrogen) atoms. The van der Waals surface area contributed by atoms with Gasteiger partial charge in [-0.2, -0.15) is 0 Å². The third kappa shape index (κ3) is 5.40. The van der Waals surface area contributed by atoms with Crippen molar-refractivity contribution in [2.24, 2.45) is 11.8 Å². The first-order valence-corrected chi connectivity index (χ1v) is 14.7. The van der Waals surface area contributed by atoms with Crippen molar-refractivity contribution in [1.82, 2.24) is 15.2 Å². The lowest BCUT2D eigenvalue weighted by Gasteiger charge is -2.25. The summed E-state index contributed by atoms with van der Waals surface area (Å²) in [7, 11) is -4.05. The summed E-state index contributed by atoms with van der Waals surface area (Å²) in [6, 6.07) is 7.86. The molecule has 7 nitrogen and oxygen atoms in total. The molecule has 3 fully saturated rings. The van der Waals surface area contributed by atoms with E-state index in [-0.39, 0.29) is 40.0 Å². The molecule has 2 aromatic rings. The molecular weight excluding hydrogens is 559 g/mol. The first-order valence-electron chi connectivity index (χ1n) is 12.4. The summed E-state index contributed by atoms with van der Waals surface area (Å²) in [5, 5.41) is 2.13. The molecular formula is C26H27Cl2F2N3O4S. The number of nitrogens with zero attached hydrogens (tertiary/aromatic N) is 2. The van der Waals surface area contributed by atoms with Crippen LogP contribution in [0.3, 0.4) is 0 Å². The fraction of sp³-hybridized carbons (Fsp3) is 0.500. The molecule has 204 valence electrons. The largest absolute Gasteiger partial charge is 0.351 e. The van der Waals surface area contributed by atoms with E-state index >= 15 is 0 Å². The number of rotatable bonds is 6. The third-order valence-electron chi connectivity index (χ3n) is 7.82. The number of sulfone groups is 1. The van der Waals surface area contributed by atoms with Crippen molar-refractivity contribution in [2.75, 3.05) is 13.1 Å². The first kappa shape index (κ1) is 27.3. The number of hydrogen-bond donors (Lipinski definition) is 1. The van der Waals surface area contributed by atoms with Gasteiger partial charge in [-0.15, -0.1) is 0 Å². The lowest BCUT2D eigenvalue weighted by Crippen LogP contribution is -2.44. The van der Waals surface area contributed by atoms with Gasteiger partial charge in [0.2, 0.25) is 11.8 Å². The number of pyridine rings is 1. The maximum absolute atomic E-state index is 13.8. The average molecular weight is 586 g/mol. The Hall–Kier alpha value is -2.30. The van der Waals surface area contributed by atoms with Gasteiger partial charge in [-0.3, -0.25) is 9.59 Å². The van der Waals surface area contributed by atoms with E-state index in [1.165, 1.54) is 18.3 Å². The van der Waals surface area contributed by atoms with E-state index in [2.05, 4.69) is 10.3 Å². The van der Waals surface area contributed by atoms with Gasteiger partial charge in [-0.25, -0.2) is 22.2 Å². The summed E-state index contributed by atoms with van der Waals surface area (Å²) in [6.07, 6.45) is 2.41. The second kappa shape index (κ2) is 9.71. The van der Waals surface area contributed by atoms with E-state index in [0.29, 0.717) is 11.1 Å². The summed E-state index contributed by atoms with van der Waals surface area (Å²) >= 11 is 12.4. The molecule has 3 unspecified atom stereocenters. The average Bonchev–Trinajstić information content (AvgIpc) is 3.24. The third-order valence-corrected chi connectivity index (χ3v) is 10.7. The van der Waals surface area contributed by atoms with Crippen molar-refractivity contribution in [1.29, 1.82) is 0 Å². The highest BCUT2D eigenvalue weighted by Crippen LogP contribution is 2.44. The quantitative estimate of drug-likeness (QED) is 0.493.